The van der Waals surface area contributed by atoms with Gasteiger partial charge in [-0.25, -0.2) is 4.90 Å². The summed E-state index contributed by atoms with van der Waals surface area (Å²) < 4.78 is 0. The summed E-state index contributed by atoms with van der Waals surface area (Å²) in [6.45, 7) is 6.06. The van der Waals surface area contributed by atoms with Gasteiger partial charge >= 0.3 is 0 Å². The van der Waals surface area contributed by atoms with Crippen LogP contribution in [0.4, 0.5) is 5.69 Å². The smallest absolute Gasteiger partial charge is 0.251 e. The van der Waals surface area contributed by atoms with Crippen LogP contribution in [-0.2, 0) is 9.59 Å². The Labute approximate surface area is 125 Å². The van der Waals surface area contributed by atoms with Crippen molar-refractivity contribution in [2.45, 2.75) is 39.2 Å². The fourth-order valence-corrected chi connectivity index (χ4v) is 3.38. The number of nitrogens with zero attached hydrogens (tertiary/aromatic N) is 2. The molecular weight excluding hydrogens is 264 g/mol. The monoisotopic (exact) mass is 286 g/mol. The van der Waals surface area contributed by atoms with E-state index in [1.807, 2.05) is 31.2 Å². The molecule has 2 saturated heterocycles. The zero-order chi connectivity index (χ0) is 15.0. The largest absolute Gasteiger partial charge is 0.291 e. The summed E-state index contributed by atoms with van der Waals surface area (Å²) in [5, 5.41) is 0. The molecule has 4 heteroatoms. The fraction of sp³-hybridized carbons (Fsp3) is 0.529. The predicted molar refractivity (Wildman–Crippen MR) is 82.0 cm³/mol. The molecule has 4 nitrogen and oxygen atoms in total. The number of carbonyl (C=O) groups is 2. The number of amides is 2. The third kappa shape index (κ3) is 2.72. The molecule has 2 atom stereocenters. The standard InChI is InChI=1S/C17H22N2O2/c1-12-5-7-14(8-6-12)19-16(20)10-15(17(19)21)18-9-3-4-13(2)11-18/h5-8,13,15H,3-4,9-11H2,1-2H3/t13-,15-/m0/s1. The van der Waals surface area contributed by atoms with Crippen molar-refractivity contribution >= 4 is 17.5 Å². The lowest BCUT2D eigenvalue weighted by atomic mass is 9.98. The Morgan fingerprint density at radius 3 is 2.52 bits per heavy atom. The van der Waals surface area contributed by atoms with Gasteiger partial charge in [0, 0.05) is 6.54 Å². The Balaban J connectivity index is 1.80. The van der Waals surface area contributed by atoms with Crippen molar-refractivity contribution < 1.29 is 9.59 Å². The number of aryl methyl sites for hydroxylation is 1. The number of piperidine rings is 1. The van der Waals surface area contributed by atoms with E-state index in [0.717, 1.165) is 25.1 Å². The van der Waals surface area contributed by atoms with Crippen molar-refractivity contribution in [1.29, 1.82) is 0 Å². The SMILES string of the molecule is Cc1ccc(N2C(=O)C[C@H](N3CCC[C@H](C)C3)C2=O)cc1. The Bertz CT molecular complexity index is 552. The fourth-order valence-electron chi connectivity index (χ4n) is 3.38. The minimum absolute atomic E-state index is 0.0575. The van der Waals surface area contributed by atoms with Crippen LogP contribution in [0.15, 0.2) is 24.3 Å². The second-order valence-electron chi connectivity index (χ2n) is 6.37. The maximum absolute atomic E-state index is 12.7. The second kappa shape index (κ2) is 5.60. The van der Waals surface area contributed by atoms with Crippen molar-refractivity contribution in [3.8, 4) is 0 Å². The first-order chi connectivity index (χ1) is 10.1. The minimum atomic E-state index is -0.262. The Morgan fingerprint density at radius 2 is 1.86 bits per heavy atom. The number of anilines is 1. The zero-order valence-electron chi connectivity index (χ0n) is 12.7. The topological polar surface area (TPSA) is 40.6 Å². The van der Waals surface area contributed by atoms with Gasteiger partial charge in [0.2, 0.25) is 5.91 Å². The van der Waals surface area contributed by atoms with Crippen LogP contribution in [0, 0.1) is 12.8 Å². The van der Waals surface area contributed by atoms with Crippen LogP contribution in [0.5, 0.6) is 0 Å². The summed E-state index contributed by atoms with van der Waals surface area (Å²) in [7, 11) is 0. The van der Waals surface area contributed by atoms with Crippen LogP contribution >= 0.6 is 0 Å². The van der Waals surface area contributed by atoms with E-state index in [-0.39, 0.29) is 17.9 Å². The first-order valence-electron chi connectivity index (χ1n) is 7.74. The number of hydrogen-bond donors (Lipinski definition) is 0. The van der Waals surface area contributed by atoms with Gasteiger partial charge in [-0.1, -0.05) is 24.6 Å². The molecule has 1 aromatic carbocycles. The Kier molecular flexibility index (Phi) is 3.81. The molecule has 0 aliphatic carbocycles. The van der Waals surface area contributed by atoms with E-state index in [4.69, 9.17) is 0 Å². The third-order valence-corrected chi connectivity index (χ3v) is 4.54. The summed E-state index contributed by atoms with van der Waals surface area (Å²) in [5.41, 5.74) is 1.82. The van der Waals surface area contributed by atoms with Crippen molar-refractivity contribution in [3.63, 3.8) is 0 Å². The molecule has 1 aromatic rings. The lowest BCUT2D eigenvalue weighted by Gasteiger charge is -2.34. The lowest BCUT2D eigenvalue weighted by molar-refractivity contribution is -0.123. The molecule has 3 rings (SSSR count). The van der Waals surface area contributed by atoms with Crippen LogP contribution in [0.3, 0.4) is 0 Å². The van der Waals surface area contributed by atoms with E-state index in [9.17, 15) is 9.59 Å². The first kappa shape index (κ1) is 14.3. The van der Waals surface area contributed by atoms with Gasteiger partial charge in [0.05, 0.1) is 18.2 Å². The van der Waals surface area contributed by atoms with E-state index in [1.165, 1.54) is 11.3 Å². The van der Waals surface area contributed by atoms with Crippen LogP contribution in [0.25, 0.3) is 0 Å². The van der Waals surface area contributed by atoms with Crippen molar-refractivity contribution in [1.82, 2.24) is 4.90 Å². The van der Waals surface area contributed by atoms with Crippen molar-refractivity contribution in [2.75, 3.05) is 18.0 Å². The summed E-state index contributed by atoms with van der Waals surface area (Å²) in [6, 6.07) is 7.32. The normalized spacial score (nSPS) is 27.4. The summed E-state index contributed by atoms with van der Waals surface area (Å²) in [5.74, 6) is 0.472. The molecule has 21 heavy (non-hydrogen) atoms. The number of hydrogen-bond acceptors (Lipinski definition) is 3. The van der Waals surface area contributed by atoms with Crippen LogP contribution < -0.4 is 4.90 Å². The summed E-state index contributed by atoms with van der Waals surface area (Å²) >= 11 is 0. The molecule has 0 radical (unpaired) electrons. The molecule has 0 aromatic heterocycles. The molecule has 2 amide bonds. The van der Waals surface area contributed by atoms with Crippen LogP contribution in [-0.4, -0.2) is 35.8 Å². The average molecular weight is 286 g/mol. The minimum Gasteiger partial charge on any atom is -0.291 e. The van der Waals surface area contributed by atoms with Gasteiger partial charge in [-0.2, -0.15) is 0 Å². The van der Waals surface area contributed by atoms with Gasteiger partial charge in [-0.05, 0) is 44.4 Å². The highest BCUT2D eigenvalue weighted by atomic mass is 16.2. The van der Waals surface area contributed by atoms with E-state index >= 15 is 0 Å². The highest BCUT2D eigenvalue weighted by Crippen LogP contribution is 2.28. The van der Waals surface area contributed by atoms with Gasteiger partial charge in [0.25, 0.3) is 5.91 Å². The molecule has 0 unspecified atom stereocenters. The van der Waals surface area contributed by atoms with Crippen LogP contribution in [0.2, 0.25) is 0 Å². The van der Waals surface area contributed by atoms with Crippen molar-refractivity contribution in [2.24, 2.45) is 5.92 Å². The average Bonchev–Trinajstić information content (AvgIpc) is 2.75. The highest BCUT2D eigenvalue weighted by Gasteiger charge is 2.43. The molecule has 2 heterocycles. The lowest BCUT2D eigenvalue weighted by Crippen LogP contribution is -2.46. The molecule has 0 saturated carbocycles. The molecule has 2 fully saturated rings. The number of imide groups is 1. The van der Waals surface area contributed by atoms with Gasteiger partial charge in [0.15, 0.2) is 0 Å². The number of likely N-dealkylation sites (tertiary alicyclic amines) is 1. The quantitative estimate of drug-likeness (QED) is 0.784. The summed E-state index contributed by atoms with van der Waals surface area (Å²) in [4.78, 5) is 28.5. The van der Waals surface area contributed by atoms with E-state index < -0.39 is 0 Å². The number of carbonyl (C=O) groups excluding carboxylic acids is 2. The van der Waals surface area contributed by atoms with Gasteiger partial charge in [-0.3, -0.25) is 14.5 Å². The number of rotatable bonds is 2. The van der Waals surface area contributed by atoms with Gasteiger partial charge < -0.3 is 0 Å². The molecule has 0 spiro atoms. The first-order valence-corrected chi connectivity index (χ1v) is 7.74. The maximum atomic E-state index is 12.7. The third-order valence-electron chi connectivity index (χ3n) is 4.54. The zero-order valence-corrected chi connectivity index (χ0v) is 12.7. The van der Waals surface area contributed by atoms with E-state index in [0.29, 0.717) is 18.0 Å². The molecule has 0 bridgehead atoms. The van der Waals surface area contributed by atoms with E-state index in [2.05, 4.69) is 11.8 Å². The number of benzene rings is 1. The molecular formula is C17H22N2O2. The predicted octanol–water partition coefficient (Wildman–Crippen LogP) is 2.36. The Hall–Kier alpha value is -1.68. The second-order valence-corrected chi connectivity index (χ2v) is 6.37. The maximum Gasteiger partial charge on any atom is 0.251 e. The Morgan fingerprint density at radius 1 is 1.14 bits per heavy atom. The van der Waals surface area contributed by atoms with Crippen LogP contribution in [0.1, 0.15) is 31.7 Å². The van der Waals surface area contributed by atoms with Gasteiger partial charge in [-0.15, -0.1) is 0 Å². The molecule has 2 aliphatic heterocycles. The molecule has 0 N–H and O–H groups in total. The molecule has 112 valence electrons. The van der Waals surface area contributed by atoms with Gasteiger partial charge in [0.1, 0.15) is 0 Å². The summed E-state index contributed by atoms with van der Waals surface area (Å²) in [6.07, 6.45) is 2.65. The van der Waals surface area contributed by atoms with E-state index in [1.54, 1.807) is 0 Å². The molecule has 2 aliphatic rings. The van der Waals surface area contributed by atoms with Crippen molar-refractivity contribution in [3.05, 3.63) is 29.8 Å². The highest BCUT2D eigenvalue weighted by molar-refractivity contribution is 6.22.